The molecule has 0 saturated heterocycles. The average molecular weight is 687 g/mol. The van der Waals surface area contributed by atoms with Gasteiger partial charge in [-0.25, -0.2) is 9.97 Å². The molecule has 8 saturated carbocycles. The maximum atomic E-state index is 10.1. The van der Waals surface area contributed by atoms with E-state index in [0.717, 1.165) is 64.1 Å². The van der Waals surface area contributed by atoms with Crippen molar-refractivity contribution in [2.24, 2.45) is 52.1 Å². The van der Waals surface area contributed by atoms with Gasteiger partial charge in [0.05, 0.1) is 0 Å². The lowest BCUT2D eigenvalue weighted by Gasteiger charge is -2.57. The summed E-state index contributed by atoms with van der Waals surface area (Å²) in [6.45, 7) is 3.14. The quantitative estimate of drug-likeness (QED) is 0.238. The van der Waals surface area contributed by atoms with Crippen LogP contribution in [0.3, 0.4) is 0 Å². The van der Waals surface area contributed by atoms with Crippen molar-refractivity contribution in [3.05, 3.63) is 57.0 Å². The highest BCUT2D eigenvalue weighted by molar-refractivity contribution is 9.10. The predicted molar refractivity (Wildman–Crippen MR) is 171 cm³/mol. The topological polar surface area (TPSA) is 80.9 Å². The van der Waals surface area contributed by atoms with Gasteiger partial charge in [0.25, 0.3) is 0 Å². The Bertz CT molecular complexity index is 1100. The number of halogens is 2. The Morgan fingerprint density at radius 3 is 1.59 bits per heavy atom. The van der Waals surface area contributed by atoms with E-state index in [2.05, 4.69) is 53.2 Å². The lowest BCUT2D eigenvalue weighted by molar-refractivity contribution is -0.0514. The molecule has 8 fully saturated rings. The van der Waals surface area contributed by atoms with Crippen LogP contribution in [0.25, 0.3) is 0 Å². The number of aldehydes is 1. The molecule has 222 valence electrons. The Morgan fingerprint density at radius 2 is 1.20 bits per heavy atom. The molecule has 0 unspecified atom stereocenters. The number of nitrogens with one attached hydrogen (secondary N) is 1. The third kappa shape index (κ3) is 7.33. The Labute approximate surface area is 262 Å². The smallest absolute Gasteiger partial charge is 0.151 e. The third-order valence-electron chi connectivity index (χ3n) is 11.3. The van der Waals surface area contributed by atoms with Crippen molar-refractivity contribution in [1.29, 1.82) is 0 Å². The van der Waals surface area contributed by atoms with Gasteiger partial charge >= 0.3 is 0 Å². The molecule has 0 radical (unpaired) electrons. The molecule has 8 aliphatic carbocycles. The van der Waals surface area contributed by atoms with Crippen LogP contribution in [-0.2, 0) is 6.54 Å². The van der Waals surface area contributed by atoms with Crippen LogP contribution in [0.2, 0.25) is 0 Å². The summed E-state index contributed by atoms with van der Waals surface area (Å²) < 4.78 is 1.66. The van der Waals surface area contributed by atoms with E-state index in [-0.39, 0.29) is 0 Å². The van der Waals surface area contributed by atoms with E-state index in [9.17, 15) is 4.79 Å². The molecule has 2 heterocycles. The van der Waals surface area contributed by atoms with Gasteiger partial charge in [-0.15, -0.1) is 0 Å². The molecule has 2 aromatic heterocycles. The highest BCUT2D eigenvalue weighted by Gasteiger charge is 2.51. The molecule has 2 aromatic rings. The first-order valence-corrected chi connectivity index (χ1v) is 17.5. The van der Waals surface area contributed by atoms with Gasteiger partial charge in [-0.1, -0.05) is 6.07 Å². The molecule has 0 aromatic carbocycles. The monoisotopic (exact) mass is 684 g/mol. The van der Waals surface area contributed by atoms with Crippen LogP contribution < -0.4 is 11.1 Å². The molecule has 8 aliphatic rings. The molecule has 0 aliphatic heterocycles. The lowest BCUT2D eigenvalue weighted by atomic mass is 9.49. The molecule has 5 nitrogen and oxygen atoms in total. The van der Waals surface area contributed by atoms with Gasteiger partial charge in [-0.05, 0) is 186 Å². The fraction of sp³-hybridized carbons (Fsp3) is 0.676. The van der Waals surface area contributed by atoms with Crippen molar-refractivity contribution in [2.75, 3.05) is 13.1 Å². The first-order chi connectivity index (χ1) is 19.8. The molecule has 0 atom stereocenters. The first kappa shape index (κ1) is 29.9. The molecular weight excluding hydrogens is 640 g/mol. The predicted octanol–water partition coefficient (Wildman–Crippen LogP) is 7.97. The minimum Gasteiger partial charge on any atom is -0.330 e. The zero-order valence-corrected chi connectivity index (χ0v) is 27.4. The molecule has 8 bridgehead atoms. The van der Waals surface area contributed by atoms with Gasteiger partial charge in [-0.2, -0.15) is 0 Å². The first-order valence-electron chi connectivity index (χ1n) is 15.9. The van der Waals surface area contributed by atoms with E-state index in [1.165, 1.54) is 95.4 Å². The summed E-state index contributed by atoms with van der Waals surface area (Å²) in [5.74, 6) is 6.37. The number of nitrogens with zero attached hydrogens (tertiary/aromatic N) is 2. The van der Waals surface area contributed by atoms with Crippen molar-refractivity contribution in [1.82, 2.24) is 15.3 Å². The minimum absolute atomic E-state index is 0.596. The zero-order valence-electron chi connectivity index (χ0n) is 24.2. The lowest BCUT2D eigenvalue weighted by Crippen LogP contribution is -2.50. The normalized spacial score (nSPS) is 37.1. The highest BCUT2D eigenvalue weighted by atomic mass is 79.9. The van der Waals surface area contributed by atoms with E-state index < -0.39 is 0 Å². The summed E-state index contributed by atoms with van der Waals surface area (Å²) in [6, 6.07) is 7.61. The molecular formula is C34H46Br2N4O. The standard InChI is InChI=1S/C17H23BrN2.C11H19N.C6H4BrNO/c18-16-2-1-12(10-20-16)9-19-11-17-6-13-3-14(7-17)5-15(4-13)8-17;12-7-11-4-8-1-9(5-11)3-10(2-8)6-11;7-6-2-1-5(4-9)3-8-6/h1-2,10,13-15,19H,3-9,11H2;8-10H,1-7,12H2;1-4H. The van der Waals surface area contributed by atoms with Crippen LogP contribution in [0.4, 0.5) is 0 Å². The van der Waals surface area contributed by atoms with Gasteiger partial charge in [0.15, 0.2) is 6.29 Å². The van der Waals surface area contributed by atoms with Gasteiger partial charge in [0.2, 0.25) is 0 Å². The molecule has 0 spiro atoms. The molecule has 7 heteroatoms. The van der Waals surface area contributed by atoms with Crippen LogP contribution in [-0.4, -0.2) is 29.3 Å². The fourth-order valence-corrected chi connectivity index (χ4v) is 11.0. The Kier molecular flexibility index (Phi) is 9.36. The van der Waals surface area contributed by atoms with Crippen LogP contribution in [0.5, 0.6) is 0 Å². The van der Waals surface area contributed by atoms with Crippen LogP contribution in [0.1, 0.15) is 93.0 Å². The van der Waals surface area contributed by atoms with Gasteiger partial charge in [0, 0.05) is 31.0 Å². The van der Waals surface area contributed by atoms with Crippen LogP contribution in [0, 0.1) is 46.3 Å². The Balaban J connectivity index is 0.000000122. The number of nitrogens with two attached hydrogens (primary N) is 1. The summed E-state index contributed by atoms with van der Waals surface area (Å²) >= 11 is 6.54. The maximum absolute atomic E-state index is 10.1. The van der Waals surface area contributed by atoms with Gasteiger partial charge < -0.3 is 11.1 Å². The maximum Gasteiger partial charge on any atom is 0.151 e. The van der Waals surface area contributed by atoms with Crippen molar-refractivity contribution in [3.8, 4) is 0 Å². The number of carbonyl (C=O) groups excluding carboxylic acids is 1. The van der Waals surface area contributed by atoms with Gasteiger partial charge in [-0.3, -0.25) is 4.79 Å². The third-order valence-corrected chi connectivity index (χ3v) is 12.2. The van der Waals surface area contributed by atoms with Crippen molar-refractivity contribution in [2.45, 2.75) is 83.6 Å². The zero-order chi connectivity index (χ0) is 28.5. The summed E-state index contributed by atoms with van der Waals surface area (Å²) in [4.78, 5) is 18.2. The van der Waals surface area contributed by atoms with E-state index >= 15 is 0 Å². The van der Waals surface area contributed by atoms with Crippen LogP contribution in [0.15, 0.2) is 45.9 Å². The van der Waals surface area contributed by atoms with E-state index in [4.69, 9.17) is 5.73 Å². The largest absolute Gasteiger partial charge is 0.330 e. The minimum atomic E-state index is 0.596. The van der Waals surface area contributed by atoms with Crippen molar-refractivity contribution >= 4 is 38.1 Å². The fourth-order valence-electron chi connectivity index (χ4n) is 10.5. The van der Waals surface area contributed by atoms with Crippen molar-refractivity contribution in [3.63, 3.8) is 0 Å². The number of aromatic nitrogens is 2. The summed E-state index contributed by atoms with van der Waals surface area (Å²) in [6.07, 6.45) is 22.4. The Morgan fingerprint density at radius 1 is 0.732 bits per heavy atom. The number of hydrogen-bond acceptors (Lipinski definition) is 5. The number of rotatable bonds is 6. The molecule has 41 heavy (non-hydrogen) atoms. The number of hydrogen-bond donors (Lipinski definition) is 2. The van der Waals surface area contributed by atoms with E-state index in [1.54, 1.807) is 12.1 Å². The van der Waals surface area contributed by atoms with Crippen LogP contribution >= 0.6 is 31.9 Å². The summed E-state index contributed by atoms with van der Waals surface area (Å²) in [5.41, 5.74) is 9.07. The van der Waals surface area contributed by atoms with Gasteiger partial charge in [0.1, 0.15) is 9.21 Å². The Hall–Kier alpha value is -1.15. The number of carbonyl (C=O) groups is 1. The summed E-state index contributed by atoms with van der Waals surface area (Å²) in [7, 11) is 0. The summed E-state index contributed by atoms with van der Waals surface area (Å²) in [5, 5.41) is 3.72. The van der Waals surface area contributed by atoms with E-state index in [1.807, 2.05) is 12.3 Å². The van der Waals surface area contributed by atoms with E-state index in [0.29, 0.717) is 16.4 Å². The average Bonchev–Trinajstić information content (AvgIpc) is 2.94. The highest BCUT2D eigenvalue weighted by Crippen LogP contribution is 2.60. The molecule has 10 rings (SSSR count). The molecule has 3 N–H and O–H groups in total. The second-order valence-corrected chi connectivity index (χ2v) is 16.3. The SMILES string of the molecule is Brc1ccc(CNCC23CC4CC(CC(C4)C2)C3)cn1.NCC12CC3CC(CC(C3)C1)C2.O=Cc1ccc(Br)nc1. The second-order valence-electron chi connectivity index (χ2n) is 14.7. The molecule has 0 amide bonds. The number of pyridine rings is 2. The van der Waals surface area contributed by atoms with Crippen molar-refractivity contribution < 1.29 is 4.79 Å². The second kappa shape index (κ2) is 12.8.